The maximum absolute atomic E-state index is 10.6. The summed E-state index contributed by atoms with van der Waals surface area (Å²) in [7, 11) is 0. The molecule has 0 bridgehead atoms. The van der Waals surface area contributed by atoms with Gasteiger partial charge in [0.05, 0.1) is 6.10 Å². The summed E-state index contributed by atoms with van der Waals surface area (Å²) in [5.41, 5.74) is 1.18. The molecule has 0 spiro atoms. The molecule has 0 saturated carbocycles. The molecule has 0 aliphatic heterocycles. The molecule has 0 heterocycles. The van der Waals surface area contributed by atoms with Crippen molar-refractivity contribution in [1.29, 1.82) is 0 Å². The summed E-state index contributed by atoms with van der Waals surface area (Å²) in [4.78, 5) is 10.4. The lowest BCUT2D eigenvalue weighted by atomic mass is 10.1. The Labute approximate surface area is 104 Å². The van der Waals surface area contributed by atoms with Crippen molar-refractivity contribution in [3.8, 4) is 5.75 Å². The zero-order valence-corrected chi connectivity index (χ0v) is 11.1. The van der Waals surface area contributed by atoms with Gasteiger partial charge in [0.25, 0.3) is 4.82 Å². The van der Waals surface area contributed by atoms with Gasteiger partial charge in [-0.15, -0.1) is 0 Å². The third kappa shape index (κ3) is 5.16. The highest BCUT2D eigenvalue weighted by atomic mass is 79.9. The van der Waals surface area contributed by atoms with E-state index < -0.39 is 0 Å². The summed E-state index contributed by atoms with van der Waals surface area (Å²) in [5, 5.41) is 2.69. The monoisotopic (exact) mass is 285 g/mol. The van der Waals surface area contributed by atoms with Gasteiger partial charge in [0.1, 0.15) is 5.75 Å². The first-order chi connectivity index (χ1) is 7.58. The Kier molecular flexibility index (Phi) is 5.32. The first kappa shape index (κ1) is 13.0. The number of ether oxygens (including phenoxy) is 1. The fourth-order valence-electron chi connectivity index (χ4n) is 1.31. The summed E-state index contributed by atoms with van der Waals surface area (Å²) < 4.78 is 5.53. The third-order valence-electron chi connectivity index (χ3n) is 1.97. The third-order valence-corrected chi connectivity index (χ3v) is 2.25. The molecule has 0 aliphatic rings. The summed E-state index contributed by atoms with van der Waals surface area (Å²) in [5.74, 6) is 0.878. The number of rotatable bonds is 5. The number of carbonyl (C=O) groups is 1. The van der Waals surface area contributed by atoms with Crippen molar-refractivity contribution in [3.05, 3.63) is 29.8 Å². The van der Waals surface area contributed by atoms with Gasteiger partial charge in [0.15, 0.2) is 0 Å². The molecule has 0 atom stereocenters. The Balaban J connectivity index is 2.42. The number of carbonyl (C=O) groups excluding carboxylic acids is 1. The van der Waals surface area contributed by atoms with Crippen LogP contribution in [0.4, 0.5) is 4.79 Å². The first-order valence-corrected chi connectivity index (χ1v) is 6.06. The lowest BCUT2D eigenvalue weighted by Crippen LogP contribution is -2.18. The first-order valence-electron chi connectivity index (χ1n) is 5.27. The molecule has 3 nitrogen and oxygen atoms in total. The molecule has 88 valence electrons. The largest absolute Gasteiger partial charge is 0.491 e. The van der Waals surface area contributed by atoms with E-state index in [1.54, 1.807) is 0 Å². The van der Waals surface area contributed by atoms with Crippen LogP contribution in [0.1, 0.15) is 19.4 Å². The molecule has 1 rings (SSSR count). The lowest BCUT2D eigenvalue weighted by Gasteiger charge is -2.10. The highest BCUT2D eigenvalue weighted by molar-refractivity contribution is 9.18. The molecular weight excluding hydrogens is 270 g/mol. The predicted molar refractivity (Wildman–Crippen MR) is 68.2 cm³/mol. The lowest BCUT2D eigenvalue weighted by molar-refractivity contribution is 0.242. The number of halogens is 1. The summed E-state index contributed by atoms with van der Waals surface area (Å²) in [6.45, 7) is 4.63. The number of nitrogens with one attached hydrogen (secondary N) is 1. The second-order valence-electron chi connectivity index (χ2n) is 3.76. The zero-order chi connectivity index (χ0) is 12.0. The predicted octanol–water partition coefficient (Wildman–Crippen LogP) is 3.12. The standard InChI is InChI=1S/C12H16BrNO2/c1-9(2)16-11-5-3-10(4-6-11)7-8-14-12(13)15/h3-6,9H,7-8H2,1-2H3,(H,14,15). The average Bonchev–Trinajstić information content (AvgIpc) is 2.19. The minimum atomic E-state index is -0.174. The van der Waals surface area contributed by atoms with Gasteiger partial charge in [-0.25, -0.2) is 0 Å². The minimum Gasteiger partial charge on any atom is -0.491 e. The quantitative estimate of drug-likeness (QED) is 0.667. The second kappa shape index (κ2) is 6.53. The van der Waals surface area contributed by atoms with E-state index >= 15 is 0 Å². The van der Waals surface area contributed by atoms with Gasteiger partial charge in [-0.2, -0.15) is 0 Å². The maximum atomic E-state index is 10.6. The molecule has 0 saturated heterocycles. The van der Waals surface area contributed by atoms with E-state index in [0.29, 0.717) is 6.54 Å². The molecule has 1 N–H and O–H groups in total. The van der Waals surface area contributed by atoms with E-state index in [9.17, 15) is 4.79 Å². The normalized spacial score (nSPS) is 10.2. The van der Waals surface area contributed by atoms with Crippen molar-refractivity contribution in [3.63, 3.8) is 0 Å². The Morgan fingerprint density at radius 1 is 1.38 bits per heavy atom. The number of benzene rings is 1. The van der Waals surface area contributed by atoms with Crippen LogP contribution in [0.2, 0.25) is 0 Å². The van der Waals surface area contributed by atoms with E-state index in [1.165, 1.54) is 5.56 Å². The Bertz CT molecular complexity index is 335. The van der Waals surface area contributed by atoms with E-state index in [4.69, 9.17) is 4.74 Å². The van der Waals surface area contributed by atoms with Crippen molar-refractivity contribution in [1.82, 2.24) is 5.32 Å². The van der Waals surface area contributed by atoms with Crippen LogP contribution in [0.15, 0.2) is 24.3 Å². The molecule has 0 fully saturated rings. The number of hydrogen-bond acceptors (Lipinski definition) is 2. The van der Waals surface area contributed by atoms with E-state index in [0.717, 1.165) is 12.2 Å². The highest BCUT2D eigenvalue weighted by Gasteiger charge is 1.98. The minimum absolute atomic E-state index is 0.174. The second-order valence-corrected chi connectivity index (χ2v) is 4.48. The Hall–Kier alpha value is -1.03. The smallest absolute Gasteiger partial charge is 0.287 e. The van der Waals surface area contributed by atoms with E-state index in [-0.39, 0.29) is 10.9 Å². The molecule has 0 aliphatic carbocycles. The van der Waals surface area contributed by atoms with Crippen LogP contribution < -0.4 is 10.1 Å². The van der Waals surface area contributed by atoms with Crippen LogP contribution in [0.5, 0.6) is 5.75 Å². The van der Waals surface area contributed by atoms with E-state index in [1.807, 2.05) is 38.1 Å². The molecule has 1 amide bonds. The van der Waals surface area contributed by atoms with Crippen LogP contribution in [-0.2, 0) is 6.42 Å². The summed E-state index contributed by atoms with van der Waals surface area (Å²) >= 11 is 2.82. The van der Waals surface area contributed by atoms with Crippen molar-refractivity contribution < 1.29 is 9.53 Å². The van der Waals surface area contributed by atoms with Crippen LogP contribution in [0, 0.1) is 0 Å². The van der Waals surface area contributed by atoms with Crippen molar-refractivity contribution in [2.75, 3.05) is 6.54 Å². The molecule has 1 aromatic rings. The van der Waals surface area contributed by atoms with Crippen LogP contribution >= 0.6 is 15.9 Å². The van der Waals surface area contributed by atoms with Crippen molar-refractivity contribution in [2.45, 2.75) is 26.4 Å². The van der Waals surface area contributed by atoms with Gasteiger partial charge >= 0.3 is 0 Å². The Morgan fingerprint density at radius 2 is 2.00 bits per heavy atom. The van der Waals surface area contributed by atoms with E-state index in [2.05, 4.69) is 21.2 Å². The fraction of sp³-hybridized carbons (Fsp3) is 0.417. The molecule has 0 radical (unpaired) electrons. The van der Waals surface area contributed by atoms with Gasteiger partial charge in [0, 0.05) is 22.5 Å². The SMILES string of the molecule is CC(C)Oc1ccc(CCNC(=O)Br)cc1. The van der Waals surface area contributed by atoms with Crippen LogP contribution in [-0.4, -0.2) is 17.5 Å². The fourth-order valence-corrected chi connectivity index (χ4v) is 1.51. The van der Waals surface area contributed by atoms with Crippen molar-refractivity contribution in [2.24, 2.45) is 0 Å². The average molecular weight is 286 g/mol. The molecule has 16 heavy (non-hydrogen) atoms. The highest BCUT2D eigenvalue weighted by Crippen LogP contribution is 2.13. The van der Waals surface area contributed by atoms with Crippen LogP contribution in [0.3, 0.4) is 0 Å². The summed E-state index contributed by atoms with van der Waals surface area (Å²) in [6.07, 6.45) is 1.01. The molecule has 1 aromatic carbocycles. The number of hydrogen-bond donors (Lipinski definition) is 1. The van der Waals surface area contributed by atoms with Crippen molar-refractivity contribution >= 4 is 20.7 Å². The topological polar surface area (TPSA) is 38.3 Å². The molecular formula is C12H16BrNO2. The van der Waals surface area contributed by atoms with Gasteiger partial charge in [-0.3, -0.25) is 4.79 Å². The maximum Gasteiger partial charge on any atom is 0.287 e. The van der Waals surface area contributed by atoms with Crippen LogP contribution in [0.25, 0.3) is 0 Å². The number of amides is 1. The van der Waals surface area contributed by atoms with Gasteiger partial charge in [-0.1, -0.05) is 12.1 Å². The molecule has 0 aromatic heterocycles. The van der Waals surface area contributed by atoms with Gasteiger partial charge in [0.2, 0.25) is 0 Å². The summed E-state index contributed by atoms with van der Waals surface area (Å²) in [6, 6.07) is 7.92. The van der Waals surface area contributed by atoms with Gasteiger partial charge in [-0.05, 0) is 38.0 Å². The van der Waals surface area contributed by atoms with Gasteiger partial charge < -0.3 is 10.1 Å². The zero-order valence-electron chi connectivity index (χ0n) is 9.50. The molecule has 4 heteroatoms. The Morgan fingerprint density at radius 3 is 2.50 bits per heavy atom. The molecule has 0 unspecified atom stereocenters.